The molecule has 1 saturated heterocycles. The van der Waals surface area contributed by atoms with Gasteiger partial charge in [-0.15, -0.1) is 0 Å². The molecule has 1 heterocycles. The maximum Gasteiger partial charge on any atom is 0.211 e. The Morgan fingerprint density at radius 3 is 2.25 bits per heavy atom. The molecule has 6 heteroatoms. The van der Waals surface area contributed by atoms with Crippen LogP contribution in [0.5, 0.6) is 0 Å². The minimum atomic E-state index is -1.24. The van der Waals surface area contributed by atoms with Gasteiger partial charge in [0.25, 0.3) is 0 Å². The van der Waals surface area contributed by atoms with Crippen molar-refractivity contribution in [1.82, 2.24) is 0 Å². The Balaban J connectivity index is 2.63. The smallest absolute Gasteiger partial charge is 0.211 e. The fourth-order valence-electron chi connectivity index (χ4n) is 1.15. The highest BCUT2D eigenvalue weighted by atomic mass is 16.6. The van der Waals surface area contributed by atoms with Gasteiger partial charge < -0.3 is 30.9 Å². The monoisotopic (exact) mass is 180 g/mol. The van der Waals surface area contributed by atoms with Crippen molar-refractivity contribution in [3.8, 4) is 0 Å². The molecule has 12 heavy (non-hydrogen) atoms. The number of hydrogen-bond donors (Lipinski definition) is 5. The summed E-state index contributed by atoms with van der Waals surface area (Å²) < 4.78 is 4.76. The second kappa shape index (κ2) is 3.65. The summed E-state index contributed by atoms with van der Waals surface area (Å²) in [6.07, 6.45) is -4.53. The molecule has 72 valence electrons. The minimum Gasteiger partial charge on any atom is -0.394 e. The lowest BCUT2D eigenvalue weighted by atomic mass is 9.98. The Bertz CT molecular complexity index is 150. The van der Waals surface area contributed by atoms with Crippen molar-refractivity contribution in [2.24, 2.45) is 0 Å². The Hall–Kier alpha value is -0.240. The molecule has 0 unspecified atom stereocenters. The summed E-state index contributed by atoms with van der Waals surface area (Å²) in [5.74, 6) is 0. The molecule has 0 radical (unpaired) electrons. The molecule has 0 bridgehead atoms. The molecule has 1 fully saturated rings. The number of quaternary nitrogens is 1. The highest BCUT2D eigenvalue weighted by molar-refractivity contribution is 4.87. The summed E-state index contributed by atoms with van der Waals surface area (Å²) in [4.78, 5) is 0. The summed E-state index contributed by atoms with van der Waals surface area (Å²) in [6.45, 7) is -0.442. The molecular weight excluding hydrogens is 166 g/mol. The minimum absolute atomic E-state index is 0.442. The predicted octanol–water partition coefficient (Wildman–Crippen LogP) is -3.97. The molecular formula is C6H14NO5+. The van der Waals surface area contributed by atoms with Gasteiger partial charge in [-0.2, -0.15) is 0 Å². The molecule has 0 amide bonds. The van der Waals surface area contributed by atoms with Crippen molar-refractivity contribution in [1.29, 1.82) is 0 Å². The highest BCUT2D eigenvalue weighted by Gasteiger charge is 2.43. The second-order valence-corrected chi connectivity index (χ2v) is 2.89. The second-order valence-electron chi connectivity index (χ2n) is 2.89. The van der Waals surface area contributed by atoms with E-state index in [1.807, 2.05) is 0 Å². The van der Waals surface area contributed by atoms with Gasteiger partial charge in [0, 0.05) is 0 Å². The van der Waals surface area contributed by atoms with E-state index < -0.39 is 37.3 Å². The molecule has 1 aliphatic rings. The number of hydrogen-bond acceptors (Lipinski definition) is 5. The molecule has 1 aliphatic heterocycles. The summed E-state index contributed by atoms with van der Waals surface area (Å²) in [6, 6.07) is -0.789. The molecule has 0 aromatic carbocycles. The largest absolute Gasteiger partial charge is 0.394 e. The van der Waals surface area contributed by atoms with Crippen LogP contribution in [0.15, 0.2) is 0 Å². The molecule has 7 N–H and O–H groups in total. The molecule has 0 aromatic rings. The maximum atomic E-state index is 9.25. The molecule has 6 nitrogen and oxygen atoms in total. The summed E-state index contributed by atoms with van der Waals surface area (Å²) in [5, 5.41) is 36.3. The van der Waals surface area contributed by atoms with Gasteiger partial charge in [-0.25, -0.2) is 0 Å². The first-order valence-corrected chi connectivity index (χ1v) is 3.71. The lowest BCUT2D eigenvalue weighted by Crippen LogP contribution is -2.77. The zero-order valence-electron chi connectivity index (χ0n) is 6.50. The van der Waals surface area contributed by atoms with E-state index in [1.165, 1.54) is 0 Å². The van der Waals surface area contributed by atoms with Gasteiger partial charge in [0.2, 0.25) is 6.29 Å². The van der Waals surface area contributed by atoms with E-state index in [0.717, 1.165) is 0 Å². The first-order valence-electron chi connectivity index (χ1n) is 3.71. The summed E-state index contributed by atoms with van der Waals surface area (Å²) >= 11 is 0. The van der Waals surface area contributed by atoms with Gasteiger partial charge in [-0.05, 0) is 0 Å². The van der Waals surface area contributed by atoms with Crippen LogP contribution in [0.4, 0.5) is 0 Å². The lowest BCUT2D eigenvalue weighted by Gasteiger charge is -2.36. The van der Waals surface area contributed by atoms with Crippen LogP contribution in [0.1, 0.15) is 0 Å². The van der Waals surface area contributed by atoms with Crippen LogP contribution >= 0.6 is 0 Å². The van der Waals surface area contributed by atoms with Crippen LogP contribution in [0, 0.1) is 0 Å². The van der Waals surface area contributed by atoms with Gasteiger partial charge in [-0.1, -0.05) is 0 Å². The van der Waals surface area contributed by atoms with Crippen molar-refractivity contribution in [2.45, 2.75) is 30.6 Å². The zero-order valence-corrected chi connectivity index (χ0v) is 6.50. The fourth-order valence-corrected chi connectivity index (χ4v) is 1.15. The first-order chi connectivity index (χ1) is 5.57. The van der Waals surface area contributed by atoms with E-state index in [2.05, 4.69) is 5.73 Å². The third kappa shape index (κ3) is 1.58. The van der Waals surface area contributed by atoms with Gasteiger partial charge in [0.05, 0.1) is 6.61 Å². The van der Waals surface area contributed by atoms with Gasteiger partial charge in [-0.3, -0.25) is 0 Å². The Morgan fingerprint density at radius 2 is 1.75 bits per heavy atom. The van der Waals surface area contributed by atoms with Crippen LogP contribution in [0.3, 0.4) is 0 Å². The van der Waals surface area contributed by atoms with E-state index in [0.29, 0.717) is 0 Å². The Kier molecular flexibility index (Phi) is 2.99. The standard InChI is InChI=1S/C6H13NO5/c7-3-5(10)4(9)2(1-8)12-6(3)11/h2-6,8-11H,1,7H2/p+1/t2-,3-,4+,5-,6-/m1/s1. The van der Waals surface area contributed by atoms with Crippen LogP contribution in [-0.4, -0.2) is 57.7 Å². The first kappa shape index (κ1) is 9.85. The average molecular weight is 180 g/mol. The van der Waals surface area contributed by atoms with E-state index in [-0.39, 0.29) is 0 Å². The third-order valence-electron chi connectivity index (χ3n) is 2.03. The van der Waals surface area contributed by atoms with E-state index in [1.54, 1.807) is 0 Å². The van der Waals surface area contributed by atoms with Gasteiger partial charge in [0.1, 0.15) is 18.3 Å². The Morgan fingerprint density at radius 1 is 1.17 bits per heavy atom. The van der Waals surface area contributed by atoms with Crippen LogP contribution < -0.4 is 5.73 Å². The van der Waals surface area contributed by atoms with Crippen LogP contribution in [0.25, 0.3) is 0 Å². The number of ether oxygens (including phenoxy) is 1. The molecule has 0 aromatic heterocycles. The van der Waals surface area contributed by atoms with Gasteiger partial charge >= 0.3 is 0 Å². The fraction of sp³-hybridized carbons (Fsp3) is 1.00. The normalized spacial score (nSPS) is 49.2. The van der Waals surface area contributed by atoms with E-state index in [4.69, 9.17) is 14.9 Å². The molecule has 5 atom stereocenters. The lowest BCUT2D eigenvalue weighted by molar-refractivity contribution is -0.497. The quantitative estimate of drug-likeness (QED) is 0.282. The average Bonchev–Trinajstić information content (AvgIpc) is 2.08. The topological polar surface area (TPSA) is 118 Å². The maximum absolute atomic E-state index is 9.25. The predicted molar refractivity (Wildman–Crippen MR) is 36.7 cm³/mol. The van der Waals surface area contributed by atoms with Crippen molar-refractivity contribution in [3.05, 3.63) is 0 Å². The van der Waals surface area contributed by atoms with E-state index in [9.17, 15) is 10.2 Å². The summed E-state index contributed by atoms with van der Waals surface area (Å²) in [5.41, 5.74) is 3.41. The number of aliphatic hydroxyl groups is 4. The van der Waals surface area contributed by atoms with Crippen molar-refractivity contribution < 1.29 is 30.9 Å². The zero-order chi connectivity index (χ0) is 9.30. The summed E-state index contributed by atoms with van der Waals surface area (Å²) in [7, 11) is 0. The number of rotatable bonds is 1. The third-order valence-corrected chi connectivity index (χ3v) is 2.03. The van der Waals surface area contributed by atoms with Crippen LogP contribution in [-0.2, 0) is 4.74 Å². The molecule has 0 aliphatic carbocycles. The number of aliphatic hydroxyl groups excluding tert-OH is 4. The molecule has 1 rings (SSSR count). The molecule has 0 spiro atoms. The van der Waals surface area contributed by atoms with Crippen molar-refractivity contribution in [3.63, 3.8) is 0 Å². The highest BCUT2D eigenvalue weighted by Crippen LogP contribution is 2.16. The Labute approximate surface area is 69.2 Å². The van der Waals surface area contributed by atoms with Crippen molar-refractivity contribution >= 4 is 0 Å². The van der Waals surface area contributed by atoms with Crippen molar-refractivity contribution in [2.75, 3.05) is 6.61 Å². The molecule has 0 saturated carbocycles. The van der Waals surface area contributed by atoms with Gasteiger partial charge in [0.15, 0.2) is 6.04 Å². The van der Waals surface area contributed by atoms with Crippen LogP contribution in [0.2, 0.25) is 0 Å². The van der Waals surface area contributed by atoms with E-state index >= 15 is 0 Å². The SMILES string of the molecule is [NH3+][C@@H]1[C@@H](O)[C@@H](O)[C@@H](CO)O[C@H]1O.